The van der Waals surface area contributed by atoms with E-state index in [2.05, 4.69) is 34.6 Å². The molecule has 0 radical (unpaired) electrons. The Morgan fingerprint density at radius 2 is 2.04 bits per heavy atom. The van der Waals surface area contributed by atoms with Crippen LogP contribution in [0.15, 0.2) is 24.3 Å². The summed E-state index contributed by atoms with van der Waals surface area (Å²) >= 11 is 0. The molecule has 2 N–H and O–H groups in total. The number of hydrogen-bond donors (Lipinski definition) is 2. The second kappa shape index (κ2) is 8.60. The van der Waals surface area contributed by atoms with E-state index in [0.29, 0.717) is 13.0 Å². The van der Waals surface area contributed by atoms with Crippen LogP contribution >= 0.6 is 0 Å². The Balaban J connectivity index is 1.44. The van der Waals surface area contributed by atoms with Crippen LogP contribution < -0.4 is 10.6 Å². The van der Waals surface area contributed by atoms with Crippen LogP contribution in [0.4, 0.5) is 5.69 Å². The van der Waals surface area contributed by atoms with Crippen LogP contribution in [0.25, 0.3) is 0 Å². The summed E-state index contributed by atoms with van der Waals surface area (Å²) < 4.78 is 5.38. The minimum Gasteiger partial charge on any atom is -0.378 e. The standard InChI is InChI=1S/C19H29N3O2/c1-15-6-9-22(10-7-15)13-16-2-4-17(5-3-16)21-19(23)12-18-14-24-11-8-20-18/h2-5,15,18,20H,6-14H2,1H3,(H,21,23). The molecule has 2 fully saturated rings. The van der Waals surface area contributed by atoms with Crippen LogP contribution in [0.2, 0.25) is 0 Å². The molecule has 1 aromatic carbocycles. The number of anilines is 1. The Morgan fingerprint density at radius 1 is 1.29 bits per heavy atom. The maximum atomic E-state index is 12.1. The van der Waals surface area contributed by atoms with Crippen molar-refractivity contribution in [2.75, 3.05) is 38.2 Å². The molecule has 1 amide bonds. The van der Waals surface area contributed by atoms with Crippen molar-refractivity contribution in [2.45, 2.75) is 38.8 Å². The summed E-state index contributed by atoms with van der Waals surface area (Å²) in [5, 5.41) is 6.28. The fourth-order valence-electron chi connectivity index (χ4n) is 3.36. The van der Waals surface area contributed by atoms with Crippen molar-refractivity contribution in [3.8, 4) is 0 Å². The first kappa shape index (κ1) is 17.4. The topological polar surface area (TPSA) is 53.6 Å². The molecular formula is C19H29N3O2. The normalized spacial score (nSPS) is 23.1. The van der Waals surface area contributed by atoms with Crippen molar-refractivity contribution in [3.05, 3.63) is 29.8 Å². The second-order valence-corrected chi connectivity index (χ2v) is 7.13. The summed E-state index contributed by atoms with van der Waals surface area (Å²) in [4.78, 5) is 14.6. The van der Waals surface area contributed by atoms with Gasteiger partial charge in [-0.3, -0.25) is 9.69 Å². The van der Waals surface area contributed by atoms with Crippen LogP contribution in [-0.2, 0) is 16.1 Å². The number of nitrogens with one attached hydrogen (secondary N) is 2. The van der Waals surface area contributed by atoms with E-state index >= 15 is 0 Å². The molecular weight excluding hydrogens is 302 g/mol. The molecule has 3 rings (SSSR count). The summed E-state index contributed by atoms with van der Waals surface area (Å²) in [5.41, 5.74) is 2.18. The molecule has 24 heavy (non-hydrogen) atoms. The number of ether oxygens (including phenoxy) is 1. The van der Waals surface area contributed by atoms with Crippen molar-refractivity contribution in [3.63, 3.8) is 0 Å². The van der Waals surface area contributed by atoms with Crippen molar-refractivity contribution < 1.29 is 9.53 Å². The zero-order valence-corrected chi connectivity index (χ0v) is 14.6. The Bertz CT molecular complexity index is 518. The van der Waals surface area contributed by atoms with Crippen molar-refractivity contribution in [2.24, 2.45) is 5.92 Å². The molecule has 1 atom stereocenters. The predicted molar refractivity (Wildman–Crippen MR) is 96.0 cm³/mol. The Kier molecular flexibility index (Phi) is 6.24. The predicted octanol–water partition coefficient (Wildman–Crippen LogP) is 2.24. The molecule has 2 aliphatic rings. The molecule has 0 saturated carbocycles. The first-order valence-electron chi connectivity index (χ1n) is 9.11. The van der Waals surface area contributed by atoms with Gasteiger partial charge in [0.2, 0.25) is 5.91 Å². The van der Waals surface area contributed by atoms with Gasteiger partial charge in [-0.15, -0.1) is 0 Å². The molecule has 5 nitrogen and oxygen atoms in total. The Morgan fingerprint density at radius 3 is 2.71 bits per heavy atom. The number of amides is 1. The van der Waals surface area contributed by atoms with Gasteiger partial charge in [-0.05, 0) is 49.5 Å². The zero-order chi connectivity index (χ0) is 16.8. The van der Waals surface area contributed by atoms with Gasteiger partial charge in [-0.1, -0.05) is 19.1 Å². The molecule has 2 aliphatic heterocycles. The van der Waals surface area contributed by atoms with E-state index in [1.165, 1.54) is 31.5 Å². The van der Waals surface area contributed by atoms with Gasteiger partial charge in [0.1, 0.15) is 0 Å². The fraction of sp³-hybridized carbons (Fsp3) is 0.632. The second-order valence-electron chi connectivity index (χ2n) is 7.13. The molecule has 1 unspecified atom stereocenters. The van der Waals surface area contributed by atoms with E-state index in [9.17, 15) is 4.79 Å². The minimum absolute atomic E-state index is 0.0377. The van der Waals surface area contributed by atoms with Crippen LogP contribution in [-0.4, -0.2) is 49.7 Å². The average molecular weight is 331 g/mol. The number of carbonyl (C=O) groups is 1. The summed E-state index contributed by atoms with van der Waals surface area (Å²) in [6.07, 6.45) is 3.05. The molecule has 5 heteroatoms. The highest BCUT2D eigenvalue weighted by atomic mass is 16.5. The van der Waals surface area contributed by atoms with Gasteiger partial charge in [0.15, 0.2) is 0 Å². The molecule has 2 saturated heterocycles. The number of piperidine rings is 1. The monoisotopic (exact) mass is 331 g/mol. The van der Waals surface area contributed by atoms with E-state index in [-0.39, 0.29) is 11.9 Å². The van der Waals surface area contributed by atoms with E-state index in [4.69, 9.17) is 4.74 Å². The van der Waals surface area contributed by atoms with Gasteiger partial charge in [0.25, 0.3) is 0 Å². The SMILES string of the molecule is CC1CCN(Cc2ccc(NC(=O)CC3COCCN3)cc2)CC1. The molecule has 2 heterocycles. The third-order valence-electron chi connectivity index (χ3n) is 4.95. The zero-order valence-electron chi connectivity index (χ0n) is 14.6. The molecule has 0 bridgehead atoms. The minimum atomic E-state index is 0.0377. The van der Waals surface area contributed by atoms with E-state index in [1.807, 2.05) is 12.1 Å². The number of morpholine rings is 1. The van der Waals surface area contributed by atoms with Gasteiger partial charge in [0.05, 0.1) is 13.2 Å². The van der Waals surface area contributed by atoms with Crippen LogP contribution in [0.3, 0.4) is 0 Å². The van der Waals surface area contributed by atoms with Crippen LogP contribution in [0, 0.1) is 5.92 Å². The van der Waals surface area contributed by atoms with Gasteiger partial charge in [-0.25, -0.2) is 0 Å². The number of carbonyl (C=O) groups excluding carboxylic acids is 1. The third kappa shape index (κ3) is 5.30. The van der Waals surface area contributed by atoms with Gasteiger partial charge in [0, 0.05) is 31.2 Å². The van der Waals surface area contributed by atoms with E-state index in [1.54, 1.807) is 0 Å². The number of benzene rings is 1. The summed E-state index contributed by atoms with van der Waals surface area (Å²) in [7, 11) is 0. The molecule has 132 valence electrons. The van der Waals surface area contributed by atoms with Gasteiger partial charge in [-0.2, -0.15) is 0 Å². The Labute approximate surface area is 144 Å². The number of likely N-dealkylation sites (tertiary alicyclic amines) is 1. The smallest absolute Gasteiger partial charge is 0.226 e. The number of rotatable bonds is 5. The first-order valence-corrected chi connectivity index (χ1v) is 9.11. The van der Waals surface area contributed by atoms with E-state index in [0.717, 1.165) is 31.3 Å². The first-order chi connectivity index (χ1) is 11.7. The summed E-state index contributed by atoms with van der Waals surface area (Å²) in [6.45, 7) is 7.89. The van der Waals surface area contributed by atoms with Gasteiger partial charge < -0.3 is 15.4 Å². The van der Waals surface area contributed by atoms with Crippen molar-refractivity contribution in [1.29, 1.82) is 0 Å². The highest BCUT2D eigenvalue weighted by Crippen LogP contribution is 2.19. The highest BCUT2D eigenvalue weighted by Gasteiger charge is 2.17. The van der Waals surface area contributed by atoms with E-state index < -0.39 is 0 Å². The third-order valence-corrected chi connectivity index (χ3v) is 4.95. The summed E-state index contributed by atoms with van der Waals surface area (Å²) in [6, 6.07) is 8.37. The largest absolute Gasteiger partial charge is 0.378 e. The maximum Gasteiger partial charge on any atom is 0.226 e. The lowest BCUT2D eigenvalue weighted by Gasteiger charge is -2.30. The lowest BCUT2D eigenvalue weighted by Crippen LogP contribution is -2.43. The number of nitrogens with zero attached hydrogens (tertiary/aromatic N) is 1. The van der Waals surface area contributed by atoms with Crippen molar-refractivity contribution in [1.82, 2.24) is 10.2 Å². The molecule has 0 aliphatic carbocycles. The average Bonchev–Trinajstić information content (AvgIpc) is 2.59. The van der Waals surface area contributed by atoms with Gasteiger partial charge >= 0.3 is 0 Å². The molecule has 0 spiro atoms. The Hall–Kier alpha value is -1.43. The quantitative estimate of drug-likeness (QED) is 0.869. The number of hydrogen-bond acceptors (Lipinski definition) is 4. The maximum absolute atomic E-state index is 12.1. The highest BCUT2D eigenvalue weighted by molar-refractivity contribution is 5.91. The lowest BCUT2D eigenvalue weighted by molar-refractivity contribution is -0.117. The summed E-state index contributed by atoms with van der Waals surface area (Å²) in [5.74, 6) is 0.902. The van der Waals surface area contributed by atoms with Crippen LogP contribution in [0.5, 0.6) is 0 Å². The molecule has 1 aromatic rings. The lowest BCUT2D eigenvalue weighted by atomic mass is 9.99. The van der Waals surface area contributed by atoms with Crippen LogP contribution in [0.1, 0.15) is 31.7 Å². The molecule has 0 aromatic heterocycles. The fourth-order valence-corrected chi connectivity index (χ4v) is 3.36. The van der Waals surface area contributed by atoms with Crippen molar-refractivity contribution >= 4 is 11.6 Å².